The summed E-state index contributed by atoms with van der Waals surface area (Å²) in [6, 6.07) is 1.24. The third kappa shape index (κ3) is 3.25. The van der Waals surface area contributed by atoms with E-state index in [1.807, 2.05) is 6.92 Å². The zero-order chi connectivity index (χ0) is 20.0. The highest BCUT2D eigenvalue weighted by molar-refractivity contribution is 7.89. The topological polar surface area (TPSA) is 95.8 Å². The lowest BCUT2D eigenvalue weighted by Gasteiger charge is -2.53. The Kier molecular flexibility index (Phi) is 5.06. The minimum atomic E-state index is -3.38. The highest BCUT2D eigenvalue weighted by Gasteiger charge is 2.57. The van der Waals surface area contributed by atoms with Crippen LogP contribution in [0, 0.1) is 5.41 Å². The number of amides is 2. The molecule has 0 bridgehead atoms. The van der Waals surface area contributed by atoms with Crippen LogP contribution in [0.3, 0.4) is 0 Å². The molecule has 2 aliphatic heterocycles. The molecule has 1 aromatic rings. The first kappa shape index (κ1) is 19.8. The molecule has 0 radical (unpaired) electrons. The van der Waals surface area contributed by atoms with E-state index >= 15 is 0 Å². The van der Waals surface area contributed by atoms with Crippen molar-refractivity contribution in [3.63, 3.8) is 0 Å². The van der Waals surface area contributed by atoms with Crippen LogP contribution in [0.5, 0.6) is 0 Å². The molecule has 9 nitrogen and oxygen atoms in total. The first-order valence-electron chi connectivity index (χ1n) is 9.12. The predicted molar refractivity (Wildman–Crippen MR) is 99.5 cm³/mol. The summed E-state index contributed by atoms with van der Waals surface area (Å²) in [6.45, 7) is 3.20. The smallest absolute Gasteiger partial charge is 0.274 e. The Morgan fingerprint density at radius 3 is 2.67 bits per heavy atom. The molecule has 1 aromatic heterocycles. The molecule has 0 N–H and O–H groups in total. The molecule has 3 rings (SSSR count). The number of sulfonamides is 1. The van der Waals surface area contributed by atoms with Crippen LogP contribution in [0.25, 0.3) is 0 Å². The highest BCUT2D eigenvalue weighted by atomic mass is 32.2. The van der Waals surface area contributed by atoms with Gasteiger partial charge in [0, 0.05) is 53.0 Å². The van der Waals surface area contributed by atoms with Crippen molar-refractivity contribution >= 4 is 21.8 Å². The predicted octanol–water partition coefficient (Wildman–Crippen LogP) is -0.143. The second-order valence-electron chi connectivity index (χ2n) is 7.53. The summed E-state index contributed by atoms with van der Waals surface area (Å²) < 4.78 is 27.7. The SMILES string of the molecule is CCn1ccc(C(=O)N2CC[C@H]3N(C)S(=O)(=O)CC[C@]3(C(=O)N(C)C)C2)n1. The Labute approximate surface area is 159 Å². The van der Waals surface area contributed by atoms with E-state index < -0.39 is 21.5 Å². The maximum absolute atomic E-state index is 13.1. The lowest BCUT2D eigenvalue weighted by Crippen LogP contribution is -2.67. The van der Waals surface area contributed by atoms with Crippen LogP contribution < -0.4 is 0 Å². The number of aryl methyl sites for hydroxylation is 1. The number of fused-ring (bicyclic) bond motifs is 1. The zero-order valence-corrected chi connectivity index (χ0v) is 17.1. The number of piperidine rings is 1. The molecule has 2 fully saturated rings. The minimum absolute atomic E-state index is 0.0912. The summed E-state index contributed by atoms with van der Waals surface area (Å²) in [5.74, 6) is -0.444. The van der Waals surface area contributed by atoms with Crippen molar-refractivity contribution < 1.29 is 18.0 Å². The molecule has 150 valence electrons. The van der Waals surface area contributed by atoms with Gasteiger partial charge in [0.25, 0.3) is 5.91 Å². The number of carbonyl (C=O) groups excluding carboxylic acids is 2. The molecule has 2 atom stereocenters. The molecule has 0 aromatic carbocycles. The summed E-state index contributed by atoms with van der Waals surface area (Å²) in [7, 11) is 1.50. The van der Waals surface area contributed by atoms with Gasteiger partial charge in [0.2, 0.25) is 15.9 Å². The number of rotatable bonds is 3. The van der Waals surface area contributed by atoms with Gasteiger partial charge in [0.05, 0.1) is 11.2 Å². The van der Waals surface area contributed by atoms with E-state index in [0.29, 0.717) is 25.2 Å². The van der Waals surface area contributed by atoms with Crippen molar-refractivity contribution in [2.24, 2.45) is 5.41 Å². The second-order valence-corrected chi connectivity index (χ2v) is 9.67. The van der Waals surface area contributed by atoms with E-state index in [2.05, 4.69) is 5.10 Å². The first-order valence-corrected chi connectivity index (χ1v) is 10.7. The quantitative estimate of drug-likeness (QED) is 0.707. The standard InChI is InChI=1S/C17H27N5O4S/c1-5-22-10-6-13(18-22)15(23)21-9-7-14-17(12-21,16(24)19(2)3)8-11-27(25,26)20(14)4/h6,10,14H,5,7-9,11-12H2,1-4H3/t14-,17+/m1/s1. The van der Waals surface area contributed by atoms with Crippen molar-refractivity contribution in [1.29, 1.82) is 0 Å². The summed E-state index contributed by atoms with van der Waals surface area (Å²) in [4.78, 5) is 29.2. The first-order chi connectivity index (χ1) is 12.6. The minimum Gasteiger partial charge on any atom is -0.348 e. The van der Waals surface area contributed by atoms with Crippen LogP contribution in [0.15, 0.2) is 12.3 Å². The Balaban J connectivity index is 1.93. The Morgan fingerprint density at radius 1 is 1.37 bits per heavy atom. The average Bonchev–Trinajstić information content (AvgIpc) is 3.12. The maximum atomic E-state index is 13.1. The van der Waals surface area contributed by atoms with Crippen LogP contribution in [0.4, 0.5) is 0 Å². The number of likely N-dealkylation sites (tertiary alicyclic amines) is 1. The third-order valence-electron chi connectivity index (χ3n) is 5.77. The van der Waals surface area contributed by atoms with Crippen LogP contribution in [-0.2, 0) is 21.4 Å². The van der Waals surface area contributed by atoms with Gasteiger partial charge in [-0.2, -0.15) is 5.10 Å². The average molecular weight is 398 g/mol. The Morgan fingerprint density at radius 2 is 2.07 bits per heavy atom. The van der Waals surface area contributed by atoms with E-state index in [4.69, 9.17) is 0 Å². The van der Waals surface area contributed by atoms with Crippen molar-refractivity contribution in [3.8, 4) is 0 Å². The number of hydrogen-bond acceptors (Lipinski definition) is 5. The van der Waals surface area contributed by atoms with E-state index in [9.17, 15) is 18.0 Å². The van der Waals surface area contributed by atoms with Crippen molar-refractivity contribution in [2.75, 3.05) is 40.0 Å². The monoisotopic (exact) mass is 397 g/mol. The van der Waals surface area contributed by atoms with E-state index in [0.717, 1.165) is 0 Å². The van der Waals surface area contributed by atoms with Crippen LogP contribution >= 0.6 is 0 Å². The fourth-order valence-corrected chi connectivity index (χ4v) is 5.86. The van der Waals surface area contributed by atoms with Gasteiger partial charge in [0.1, 0.15) is 5.69 Å². The largest absolute Gasteiger partial charge is 0.348 e. The molecule has 10 heteroatoms. The van der Waals surface area contributed by atoms with Gasteiger partial charge in [0.15, 0.2) is 0 Å². The normalized spacial score (nSPS) is 27.9. The molecule has 0 spiro atoms. The molecular weight excluding hydrogens is 370 g/mol. The third-order valence-corrected chi connectivity index (χ3v) is 7.62. The number of nitrogens with zero attached hydrogens (tertiary/aromatic N) is 5. The van der Waals surface area contributed by atoms with Crippen molar-refractivity contribution in [2.45, 2.75) is 32.4 Å². The molecular formula is C17H27N5O4S. The number of aromatic nitrogens is 2. The van der Waals surface area contributed by atoms with Crippen LogP contribution in [-0.4, -0.2) is 90.1 Å². The van der Waals surface area contributed by atoms with Gasteiger partial charge in [-0.15, -0.1) is 0 Å². The van der Waals surface area contributed by atoms with E-state index in [1.54, 1.807) is 35.9 Å². The van der Waals surface area contributed by atoms with Crippen molar-refractivity contribution in [3.05, 3.63) is 18.0 Å². The fourth-order valence-electron chi connectivity index (χ4n) is 4.25. The molecule has 2 aliphatic rings. The maximum Gasteiger partial charge on any atom is 0.274 e. The molecule has 2 amide bonds. The molecule has 0 aliphatic carbocycles. The molecule has 3 heterocycles. The second kappa shape index (κ2) is 6.90. The molecule has 0 saturated carbocycles. The number of hydrogen-bond donors (Lipinski definition) is 0. The van der Waals surface area contributed by atoms with Gasteiger partial charge >= 0.3 is 0 Å². The lowest BCUT2D eigenvalue weighted by molar-refractivity contribution is -0.147. The molecule has 27 heavy (non-hydrogen) atoms. The van der Waals surface area contributed by atoms with E-state index in [1.165, 1.54) is 16.3 Å². The summed E-state index contributed by atoms with van der Waals surface area (Å²) in [5.41, 5.74) is -0.579. The van der Waals surface area contributed by atoms with Gasteiger partial charge < -0.3 is 9.80 Å². The zero-order valence-electron chi connectivity index (χ0n) is 16.3. The Hall–Kier alpha value is -1.94. The summed E-state index contributed by atoms with van der Waals surface area (Å²) in [6.07, 6.45) is 2.39. The molecule has 0 unspecified atom stereocenters. The summed E-state index contributed by atoms with van der Waals surface area (Å²) in [5, 5.41) is 4.27. The van der Waals surface area contributed by atoms with Crippen molar-refractivity contribution in [1.82, 2.24) is 23.9 Å². The lowest BCUT2D eigenvalue weighted by atomic mass is 9.72. The van der Waals surface area contributed by atoms with Crippen LogP contribution in [0.1, 0.15) is 30.3 Å². The number of carbonyl (C=O) groups is 2. The van der Waals surface area contributed by atoms with Gasteiger partial charge in [-0.25, -0.2) is 12.7 Å². The van der Waals surface area contributed by atoms with Crippen LogP contribution in [0.2, 0.25) is 0 Å². The highest BCUT2D eigenvalue weighted by Crippen LogP contribution is 2.43. The molecule has 2 saturated heterocycles. The Bertz CT molecular complexity index is 849. The van der Waals surface area contributed by atoms with E-state index in [-0.39, 0.29) is 30.5 Å². The summed E-state index contributed by atoms with van der Waals surface area (Å²) >= 11 is 0. The fraction of sp³-hybridized carbons (Fsp3) is 0.706. The van der Waals surface area contributed by atoms with Gasteiger partial charge in [-0.1, -0.05) is 0 Å². The van der Waals surface area contributed by atoms with Gasteiger partial charge in [-0.3, -0.25) is 14.3 Å². The van der Waals surface area contributed by atoms with Gasteiger partial charge in [-0.05, 0) is 25.8 Å².